The number of carbonyl (C=O) groups is 10. The number of esters is 1. The van der Waals surface area contributed by atoms with Crippen molar-refractivity contribution in [2.45, 2.75) is 227 Å². The zero-order chi connectivity index (χ0) is 57.1. The van der Waals surface area contributed by atoms with E-state index in [1.807, 2.05) is 0 Å². The zero-order valence-electron chi connectivity index (χ0n) is 46.5. The van der Waals surface area contributed by atoms with Gasteiger partial charge in [0, 0.05) is 0 Å². The molecule has 0 aliphatic carbocycles. The number of carboxylic acids is 1. The van der Waals surface area contributed by atoms with Crippen LogP contribution in [0.5, 0.6) is 0 Å². The number of aliphatic hydroxyl groups is 2. The SMILES string of the molecule is CCCCCCC/C=C\[C@H](O)CC(=O)N[C@@H](CC(C)C)C(=O)N[C@H](CC(=O)O)C(=O)N[C@H]1C(=O)N[C@@H](CC(C)C)C(=O)N[C@H](CC(C)C)C(=O)N[C@@H](CO)C(=O)N[C@@H](CC(C)C)C(=O)N[C@@H]([C@@H](C)CC)C(=O)O[C@@H]1C. The summed E-state index contributed by atoms with van der Waals surface area (Å²) in [7, 11) is 0. The van der Waals surface area contributed by atoms with Crippen LogP contribution in [0.2, 0.25) is 0 Å². The number of amides is 8. The summed E-state index contributed by atoms with van der Waals surface area (Å²) in [6.45, 7) is 20.0. The second kappa shape index (κ2) is 34.8. The molecule has 75 heavy (non-hydrogen) atoms. The van der Waals surface area contributed by atoms with E-state index < -0.39 is 139 Å². The molecule has 1 aliphatic rings. The topological polar surface area (TPSA) is 337 Å². The van der Waals surface area contributed by atoms with E-state index in [4.69, 9.17) is 4.74 Å². The second-order valence-electron chi connectivity index (χ2n) is 21.6. The number of nitrogens with one attached hydrogen (secondary N) is 8. The summed E-state index contributed by atoms with van der Waals surface area (Å²) >= 11 is 0. The fourth-order valence-corrected chi connectivity index (χ4v) is 8.27. The summed E-state index contributed by atoms with van der Waals surface area (Å²) in [5.41, 5.74) is 0. The lowest BCUT2D eigenvalue weighted by atomic mass is 9.97. The molecule has 0 radical (unpaired) electrons. The molecular formula is C53H92N8O14. The van der Waals surface area contributed by atoms with Crippen molar-refractivity contribution in [1.82, 2.24) is 42.5 Å². The summed E-state index contributed by atoms with van der Waals surface area (Å²) in [4.78, 5) is 138. The zero-order valence-corrected chi connectivity index (χ0v) is 46.5. The maximum Gasteiger partial charge on any atom is 0.329 e. The van der Waals surface area contributed by atoms with E-state index in [1.54, 1.807) is 75.3 Å². The van der Waals surface area contributed by atoms with Crippen LogP contribution >= 0.6 is 0 Å². The Kier molecular flexibility index (Phi) is 31.3. The van der Waals surface area contributed by atoms with Crippen LogP contribution in [-0.2, 0) is 52.7 Å². The van der Waals surface area contributed by atoms with Crippen molar-refractivity contribution in [3.8, 4) is 0 Å². The Balaban J connectivity index is 3.85. The standard InChI is InChI=1S/C53H92N8O14/c1-13-15-16-17-18-19-20-21-35(63)26-42(64)54-36(22-29(3)4)46(67)57-40(27-43(65)66)50(71)61-45-34(12)75-53(74)44(33(11)14-2)60-49(70)39(25-32(9)10)56-51(72)41(28-62)59-48(69)37(23-30(5)6)55-47(68)38(24-31(7)8)58-52(45)73/h20-21,29-41,44-45,62-63H,13-19,22-28H2,1-12H3,(H,54,64)(H,55,68)(H,56,72)(H,57,67)(H,58,73)(H,59,69)(H,60,70)(H,61,71)(H,65,66)/b21-20-/t33-,34+,35-,36-,37+,38-,39-,40+,41-,44-,45+/m0/s1. The highest BCUT2D eigenvalue weighted by Crippen LogP contribution is 2.17. The van der Waals surface area contributed by atoms with E-state index in [-0.39, 0.29) is 55.8 Å². The second-order valence-corrected chi connectivity index (χ2v) is 21.6. The van der Waals surface area contributed by atoms with Gasteiger partial charge in [-0.25, -0.2) is 4.79 Å². The first-order valence-electron chi connectivity index (χ1n) is 26.9. The van der Waals surface area contributed by atoms with Gasteiger partial charge in [-0.05, 0) is 75.0 Å². The Hall–Kier alpha value is -5.64. The maximum atomic E-state index is 14.6. The van der Waals surface area contributed by atoms with Crippen molar-refractivity contribution >= 4 is 59.2 Å². The van der Waals surface area contributed by atoms with E-state index in [2.05, 4.69) is 49.5 Å². The highest BCUT2D eigenvalue weighted by atomic mass is 16.5. The van der Waals surface area contributed by atoms with Crippen molar-refractivity contribution in [3.05, 3.63) is 12.2 Å². The van der Waals surface area contributed by atoms with Crippen molar-refractivity contribution in [3.63, 3.8) is 0 Å². The predicted molar refractivity (Wildman–Crippen MR) is 281 cm³/mol. The summed E-state index contributed by atoms with van der Waals surface area (Å²) in [6.07, 6.45) is 5.56. The quantitative estimate of drug-likeness (QED) is 0.0319. The molecule has 1 fully saturated rings. The van der Waals surface area contributed by atoms with Gasteiger partial charge >= 0.3 is 11.9 Å². The molecule has 0 aromatic carbocycles. The van der Waals surface area contributed by atoms with Gasteiger partial charge < -0.3 is 62.6 Å². The van der Waals surface area contributed by atoms with Gasteiger partial charge in [-0.2, -0.15) is 0 Å². The number of carbonyl (C=O) groups excluding carboxylic acids is 9. The summed E-state index contributed by atoms with van der Waals surface area (Å²) < 4.78 is 5.84. The van der Waals surface area contributed by atoms with E-state index in [1.165, 1.54) is 13.0 Å². The van der Waals surface area contributed by atoms with Gasteiger partial charge in [0.15, 0.2) is 0 Å². The third-order valence-corrected chi connectivity index (χ3v) is 12.5. The number of aliphatic carboxylic acids is 1. The smallest absolute Gasteiger partial charge is 0.329 e. The highest BCUT2D eigenvalue weighted by Gasteiger charge is 2.40. The van der Waals surface area contributed by atoms with Crippen molar-refractivity contribution in [2.75, 3.05) is 6.61 Å². The van der Waals surface area contributed by atoms with Gasteiger partial charge in [0.2, 0.25) is 47.3 Å². The lowest BCUT2D eigenvalue weighted by Gasteiger charge is -2.31. The molecule has 22 nitrogen and oxygen atoms in total. The molecule has 428 valence electrons. The Morgan fingerprint density at radius 1 is 0.627 bits per heavy atom. The monoisotopic (exact) mass is 1060 g/mol. The predicted octanol–water partition coefficient (Wildman–Crippen LogP) is 2.18. The Labute approximate surface area is 444 Å². The first-order chi connectivity index (χ1) is 35.1. The normalized spacial score (nSPS) is 23.4. The number of unbranched alkanes of at least 4 members (excludes halogenated alkanes) is 5. The fraction of sp³-hybridized carbons (Fsp3) is 0.774. The summed E-state index contributed by atoms with van der Waals surface area (Å²) in [6, 6.07) is -12.1. The fourth-order valence-electron chi connectivity index (χ4n) is 8.27. The number of aliphatic hydroxyl groups excluding tert-OH is 2. The lowest BCUT2D eigenvalue weighted by molar-refractivity contribution is -0.157. The van der Waals surface area contributed by atoms with Crippen LogP contribution in [0.4, 0.5) is 0 Å². The molecule has 0 unspecified atom stereocenters. The van der Waals surface area contributed by atoms with Crippen molar-refractivity contribution < 1.29 is 68.0 Å². The molecule has 11 N–H and O–H groups in total. The van der Waals surface area contributed by atoms with Gasteiger partial charge in [0.05, 0.1) is 25.6 Å². The van der Waals surface area contributed by atoms with Crippen molar-refractivity contribution in [2.24, 2.45) is 29.6 Å². The van der Waals surface area contributed by atoms with Gasteiger partial charge in [0.25, 0.3) is 0 Å². The van der Waals surface area contributed by atoms with Crippen molar-refractivity contribution in [1.29, 1.82) is 0 Å². The van der Waals surface area contributed by atoms with Crippen LogP contribution in [-0.4, -0.2) is 142 Å². The number of hydrogen-bond acceptors (Lipinski definition) is 13. The van der Waals surface area contributed by atoms with Gasteiger partial charge in [0.1, 0.15) is 54.4 Å². The molecule has 1 rings (SSSR count). The van der Waals surface area contributed by atoms with Gasteiger partial charge in [-0.1, -0.05) is 120 Å². The molecule has 0 aromatic heterocycles. The number of carboxylic acid groups (broad SMARTS) is 1. The summed E-state index contributed by atoms with van der Waals surface area (Å²) in [5.74, 6) is -11.5. The number of hydrogen-bond donors (Lipinski definition) is 11. The van der Waals surface area contributed by atoms with Crippen LogP contribution in [0.1, 0.15) is 167 Å². The highest BCUT2D eigenvalue weighted by molar-refractivity contribution is 5.99. The Bertz CT molecular complexity index is 1910. The number of rotatable bonds is 27. The molecule has 0 bridgehead atoms. The van der Waals surface area contributed by atoms with E-state index in [0.717, 1.165) is 38.5 Å². The van der Waals surface area contributed by atoms with Crippen LogP contribution in [0.3, 0.4) is 0 Å². The lowest BCUT2D eigenvalue weighted by Crippen LogP contribution is -2.62. The molecule has 1 aliphatic heterocycles. The van der Waals surface area contributed by atoms with Crippen LogP contribution in [0.15, 0.2) is 12.2 Å². The molecule has 0 spiro atoms. The molecule has 11 atom stereocenters. The van der Waals surface area contributed by atoms with E-state index in [9.17, 15) is 63.3 Å². The Morgan fingerprint density at radius 3 is 1.60 bits per heavy atom. The van der Waals surface area contributed by atoms with Gasteiger partial charge in [-0.15, -0.1) is 0 Å². The van der Waals surface area contributed by atoms with Crippen LogP contribution in [0.25, 0.3) is 0 Å². The van der Waals surface area contributed by atoms with Gasteiger partial charge in [-0.3, -0.25) is 43.2 Å². The molecule has 0 aromatic rings. The number of ether oxygens (including phenoxy) is 1. The number of cyclic esters (lactones) is 1. The van der Waals surface area contributed by atoms with E-state index >= 15 is 0 Å². The minimum atomic E-state index is -1.91. The largest absolute Gasteiger partial charge is 0.481 e. The maximum absolute atomic E-state index is 14.6. The molecule has 22 heteroatoms. The average Bonchev–Trinajstić information content (AvgIpc) is 3.30. The molecule has 8 amide bonds. The minimum absolute atomic E-state index is 0.0312. The minimum Gasteiger partial charge on any atom is -0.481 e. The summed E-state index contributed by atoms with van der Waals surface area (Å²) in [5, 5.41) is 51.1. The molecule has 1 heterocycles. The van der Waals surface area contributed by atoms with E-state index in [0.29, 0.717) is 6.42 Å². The van der Waals surface area contributed by atoms with Crippen LogP contribution in [0, 0.1) is 29.6 Å². The molecule has 0 saturated carbocycles. The average molecular weight is 1070 g/mol. The first kappa shape index (κ1) is 67.4. The third kappa shape index (κ3) is 26.1. The third-order valence-electron chi connectivity index (χ3n) is 12.5. The van der Waals surface area contributed by atoms with Crippen LogP contribution < -0.4 is 42.5 Å². The molecular weight excluding hydrogens is 973 g/mol. The molecule has 1 saturated heterocycles. The first-order valence-corrected chi connectivity index (χ1v) is 26.9. The Morgan fingerprint density at radius 2 is 1.12 bits per heavy atom. The number of allylic oxidation sites excluding steroid dienone is 1.